The fraction of sp³-hybridized carbons (Fsp3) is 0.296. The SMILES string of the molecule is COc1cc(OCC2CCCCN2c2ccc(C#N)cc2)c2cc(-c3cn4nc(OC)sc4n3)oc2c1. The van der Waals surface area contributed by atoms with Crippen LogP contribution in [0.25, 0.3) is 27.4 Å². The van der Waals surface area contributed by atoms with Crippen LogP contribution >= 0.6 is 11.3 Å². The Bertz CT molecular complexity index is 1570. The fourth-order valence-electron chi connectivity index (χ4n) is 4.76. The summed E-state index contributed by atoms with van der Waals surface area (Å²) in [6.07, 6.45) is 5.14. The minimum atomic E-state index is 0.218. The molecule has 5 aromatic rings. The third kappa shape index (κ3) is 4.42. The molecule has 0 aliphatic carbocycles. The van der Waals surface area contributed by atoms with Gasteiger partial charge in [0.1, 0.15) is 29.4 Å². The minimum Gasteiger partial charge on any atom is -0.496 e. The number of benzene rings is 2. The molecule has 188 valence electrons. The summed E-state index contributed by atoms with van der Waals surface area (Å²) in [5.74, 6) is 1.99. The van der Waals surface area contributed by atoms with Crippen molar-refractivity contribution in [3.63, 3.8) is 0 Å². The van der Waals surface area contributed by atoms with Crippen LogP contribution in [0.1, 0.15) is 24.8 Å². The van der Waals surface area contributed by atoms with Gasteiger partial charge in [-0.15, -0.1) is 5.10 Å². The number of nitrogens with zero attached hydrogens (tertiary/aromatic N) is 5. The topological polar surface area (TPSA) is 98.1 Å². The van der Waals surface area contributed by atoms with Crippen LogP contribution in [-0.2, 0) is 0 Å². The lowest BCUT2D eigenvalue weighted by Crippen LogP contribution is -2.43. The fourth-order valence-corrected chi connectivity index (χ4v) is 5.46. The van der Waals surface area contributed by atoms with Gasteiger partial charge in [0.25, 0.3) is 5.19 Å². The smallest absolute Gasteiger partial charge is 0.294 e. The highest BCUT2D eigenvalue weighted by Crippen LogP contribution is 2.38. The minimum absolute atomic E-state index is 0.218. The molecule has 0 amide bonds. The van der Waals surface area contributed by atoms with Crippen LogP contribution in [0.15, 0.2) is 53.1 Å². The van der Waals surface area contributed by atoms with E-state index in [4.69, 9.17) is 23.9 Å². The maximum Gasteiger partial charge on any atom is 0.294 e. The molecule has 1 fully saturated rings. The average molecular weight is 516 g/mol. The summed E-state index contributed by atoms with van der Waals surface area (Å²) in [7, 11) is 3.22. The Morgan fingerprint density at radius 2 is 2.00 bits per heavy atom. The van der Waals surface area contributed by atoms with E-state index in [0.29, 0.717) is 45.9 Å². The van der Waals surface area contributed by atoms with Crippen LogP contribution in [0.5, 0.6) is 16.7 Å². The summed E-state index contributed by atoms with van der Waals surface area (Å²) in [5, 5.41) is 14.9. The zero-order valence-electron chi connectivity index (χ0n) is 20.5. The average Bonchev–Trinajstić information content (AvgIpc) is 3.65. The Balaban J connectivity index is 1.28. The zero-order valence-corrected chi connectivity index (χ0v) is 21.3. The molecule has 1 aliphatic heterocycles. The number of hydrogen-bond acceptors (Lipinski definition) is 9. The Kier molecular flexibility index (Phi) is 6.06. The van der Waals surface area contributed by atoms with Gasteiger partial charge in [0.05, 0.1) is 43.5 Å². The highest BCUT2D eigenvalue weighted by atomic mass is 32.1. The summed E-state index contributed by atoms with van der Waals surface area (Å²) >= 11 is 1.36. The van der Waals surface area contributed by atoms with Crippen molar-refractivity contribution in [2.45, 2.75) is 25.3 Å². The first-order valence-corrected chi connectivity index (χ1v) is 12.9. The van der Waals surface area contributed by atoms with Crippen LogP contribution in [0.4, 0.5) is 5.69 Å². The van der Waals surface area contributed by atoms with E-state index in [1.165, 1.54) is 11.3 Å². The monoisotopic (exact) mass is 515 g/mol. The normalized spacial score (nSPS) is 15.7. The number of fused-ring (bicyclic) bond motifs is 2. The van der Waals surface area contributed by atoms with Crippen LogP contribution in [0, 0.1) is 11.3 Å². The van der Waals surface area contributed by atoms with E-state index >= 15 is 0 Å². The van der Waals surface area contributed by atoms with E-state index in [0.717, 1.165) is 41.8 Å². The lowest BCUT2D eigenvalue weighted by molar-refractivity contribution is 0.262. The van der Waals surface area contributed by atoms with E-state index in [1.807, 2.05) is 48.7 Å². The first-order chi connectivity index (χ1) is 18.1. The molecule has 0 bridgehead atoms. The Hall–Kier alpha value is -4.23. The number of rotatable bonds is 7. The van der Waals surface area contributed by atoms with Gasteiger partial charge >= 0.3 is 0 Å². The molecule has 0 spiro atoms. The molecule has 37 heavy (non-hydrogen) atoms. The first-order valence-electron chi connectivity index (χ1n) is 12.1. The van der Waals surface area contributed by atoms with Gasteiger partial charge in [0, 0.05) is 24.4 Å². The van der Waals surface area contributed by atoms with Crippen LogP contribution in [0.2, 0.25) is 0 Å². The molecule has 10 heteroatoms. The van der Waals surface area contributed by atoms with Crippen molar-refractivity contribution in [1.82, 2.24) is 14.6 Å². The van der Waals surface area contributed by atoms with Crippen molar-refractivity contribution in [3.05, 3.63) is 54.2 Å². The second-order valence-corrected chi connectivity index (χ2v) is 9.80. The molecule has 1 atom stereocenters. The van der Waals surface area contributed by atoms with Crippen molar-refractivity contribution in [2.75, 3.05) is 32.3 Å². The molecule has 1 aliphatic rings. The number of ether oxygens (including phenoxy) is 3. The summed E-state index contributed by atoms with van der Waals surface area (Å²) in [6, 6.07) is 15.9. The number of imidazole rings is 1. The Labute approximate surface area is 217 Å². The van der Waals surface area contributed by atoms with Crippen LogP contribution < -0.4 is 19.1 Å². The second kappa shape index (κ2) is 9.67. The predicted molar refractivity (Wildman–Crippen MR) is 141 cm³/mol. The highest BCUT2D eigenvalue weighted by Gasteiger charge is 2.24. The lowest BCUT2D eigenvalue weighted by Gasteiger charge is -2.37. The molecule has 4 heterocycles. The molecule has 1 saturated heterocycles. The summed E-state index contributed by atoms with van der Waals surface area (Å²) in [6.45, 7) is 1.48. The van der Waals surface area contributed by atoms with Crippen LogP contribution in [0.3, 0.4) is 0 Å². The van der Waals surface area contributed by atoms with Gasteiger partial charge in [-0.1, -0.05) is 0 Å². The maximum absolute atomic E-state index is 9.14. The molecule has 9 nitrogen and oxygen atoms in total. The summed E-state index contributed by atoms with van der Waals surface area (Å²) in [5.41, 5.74) is 3.12. The highest BCUT2D eigenvalue weighted by molar-refractivity contribution is 7.18. The van der Waals surface area contributed by atoms with E-state index in [2.05, 4.69) is 21.1 Å². The van der Waals surface area contributed by atoms with E-state index in [9.17, 15) is 0 Å². The number of methoxy groups -OCH3 is 2. The van der Waals surface area contributed by atoms with Gasteiger partial charge in [-0.2, -0.15) is 5.26 Å². The van der Waals surface area contributed by atoms with Crippen molar-refractivity contribution < 1.29 is 18.6 Å². The zero-order chi connectivity index (χ0) is 25.4. The third-order valence-electron chi connectivity index (χ3n) is 6.65. The Morgan fingerprint density at radius 3 is 2.76 bits per heavy atom. The number of furan rings is 1. The maximum atomic E-state index is 9.14. The Morgan fingerprint density at radius 1 is 1.14 bits per heavy atom. The van der Waals surface area contributed by atoms with Crippen molar-refractivity contribution in [2.24, 2.45) is 0 Å². The second-order valence-electron chi connectivity index (χ2n) is 8.89. The molecule has 2 aromatic carbocycles. The van der Waals surface area contributed by atoms with Gasteiger partial charge in [-0.3, -0.25) is 0 Å². The lowest BCUT2D eigenvalue weighted by atomic mass is 10.0. The largest absolute Gasteiger partial charge is 0.496 e. The van der Waals surface area contributed by atoms with E-state index in [-0.39, 0.29) is 6.04 Å². The number of aromatic nitrogens is 3. The van der Waals surface area contributed by atoms with Crippen molar-refractivity contribution in [3.8, 4) is 34.2 Å². The number of anilines is 1. The standard InChI is InChI=1S/C27H25N5O4S/c1-33-20-11-23(35-16-19-5-3-4-10-31(19)18-8-6-17(14-28)7-9-18)21-13-25(36-24(21)12-20)22-15-32-26(29-22)37-27(30-32)34-2/h6-9,11-13,15,19H,3-5,10,16H2,1-2H3. The van der Waals surface area contributed by atoms with Crippen LogP contribution in [-0.4, -0.2) is 48.0 Å². The molecule has 6 rings (SSSR count). The molecular formula is C27H25N5O4S. The summed E-state index contributed by atoms with van der Waals surface area (Å²) in [4.78, 5) is 7.74. The molecular weight excluding hydrogens is 490 g/mol. The van der Waals surface area contributed by atoms with E-state index in [1.54, 1.807) is 18.7 Å². The predicted octanol–water partition coefficient (Wildman–Crippen LogP) is 5.53. The summed E-state index contributed by atoms with van der Waals surface area (Å²) < 4.78 is 25.0. The van der Waals surface area contributed by atoms with Gasteiger partial charge in [-0.05, 0) is 60.9 Å². The molecule has 1 unspecified atom stereocenters. The third-order valence-corrected chi connectivity index (χ3v) is 7.53. The molecule has 0 radical (unpaired) electrons. The first kappa shape index (κ1) is 23.2. The number of hydrogen-bond donors (Lipinski definition) is 0. The number of nitriles is 1. The van der Waals surface area contributed by atoms with Gasteiger partial charge in [0.15, 0.2) is 5.76 Å². The van der Waals surface area contributed by atoms with Crippen molar-refractivity contribution >= 4 is 33.0 Å². The van der Waals surface area contributed by atoms with E-state index < -0.39 is 0 Å². The van der Waals surface area contributed by atoms with Crippen molar-refractivity contribution in [1.29, 1.82) is 5.26 Å². The number of piperidine rings is 1. The molecule has 0 saturated carbocycles. The van der Waals surface area contributed by atoms with Gasteiger partial charge in [-0.25, -0.2) is 9.50 Å². The molecule has 3 aromatic heterocycles. The quantitative estimate of drug-likeness (QED) is 0.279. The molecule has 0 N–H and O–H groups in total. The van der Waals surface area contributed by atoms with Gasteiger partial charge in [0.2, 0.25) is 4.96 Å². The van der Waals surface area contributed by atoms with Gasteiger partial charge < -0.3 is 23.5 Å².